The zero-order valence-corrected chi connectivity index (χ0v) is 12.3. The van der Waals surface area contributed by atoms with Crippen LogP contribution in [0.2, 0.25) is 0 Å². The molecule has 6 heteroatoms. The highest BCUT2D eigenvalue weighted by Crippen LogP contribution is 2.27. The molecule has 0 radical (unpaired) electrons. The van der Waals surface area contributed by atoms with Crippen LogP contribution in [-0.4, -0.2) is 48.6 Å². The first-order chi connectivity index (χ1) is 9.57. The summed E-state index contributed by atoms with van der Waals surface area (Å²) < 4.78 is 0. The predicted octanol–water partition coefficient (Wildman–Crippen LogP) is 0.426. The van der Waals surface area contributed by atoms with E-state index in [1.807, 2.05) is 4.90 Å². The third kappa shape index (κ3) is 3.23. The summed E-state index contributed by atoms with van der Waals surface area (Å²) in [6.07, 6.45) is 4.88. The van der Waals surface area contributed by atoms with Crippen molar-refractivity contribution in [2.75, 3.05) is 26.2 Å². The first-order valence-electron chi connectivity index (χ1n) is 7.65. The zero-order chi connectivity index (χ0) is 14.6. The Hall–Kier alpha value is -1.30. The topological polar surface area (TPSA) is 87.5 Å². The maximum atomic E-state index is 12.8. The Kier molecular flexibility index (Phi) is 4.86. The predicted molar refractivity (Wildman–Crippen MR) is 77.1 cm³/mol. The maximum absolute atomic E-state index is 12.8. The van der Waals surface area contributed by atoms with Crippen molar-refractivity contribution in [2.45, 2.75) is 44.6 Å². The van der Waals surface area contributed by atoms with Gasteiger partial charge in [-0.15, -0.1) is 0 Å². The minimum atomic E-state index is -0.490. The van der Waals surface area contributed by atoms with Gasteiger partial charge in [-0.25, -0.2) is 4.79 Å². The molecule has 0 aliphatic carbocycles. The minimum absolute atomic E-state index is 0.237. The first-order valence-corrected chi connectivity index (χ1v) is 7.65. The van der Waals surface area contributed by atoms with Gasteiger partial charge in [0.05, 0.1) is 5.54 Å². The Morgan fingerprint density at radius 1 is 1.45 bits per heavy atom. The molecular weight excluding hydrogens is 256 g/mol. The first kappa shape index (κ1) is 15.1. The third-order valence-corrected chi connectivity index (χ3v) is 4.63. The molecule has 0 bridgehead atoms. The van der Waals surface area contributed by atoms with Crippen LogP contribution in [0.15, 0.2) is 0 Å². The zero-order valence-electron chi connectivity index (χ0n) is 12.3. The van der Waals surface area contributed by atoms with E-state index < -0.39 is 6.03 Å². The van der Waals surface area contributed by atoms with Crippen LogP contribution in [0, 0.1) is 5.92 Å². The van der Waals surface area contributed by atoms with E-state index in [0.717, 1.165) is 51.7 Å². The molecule has 6 nitrogen and oxygen atoms in total. The second kappa shape index (κ2) is 6.43. The van der Waals surface area contributed by atoms with Crippen LogP contribution in [0.4, 0.5) is 4.79 Å². The highest BCUT2D eigenvalue weighted by molar-refractivity contribution is 5.86. The quantitative estimate of drug-likeness (QED) is 0.698. The van der Waals surface area contributed by atoms with Crippen LogP contribution in [0.3, 0.4) is 0 Å². The number of carbonyl (C=O) groups excluding carboxylic acids is 2. The maximum Gasteiger partial charge on any atom is 0.312 e. The van der Waals surface area contributed by atoms with Crippen molar-refractivity contribution in [3.05, 3.63) is 0 Å². The molecular formula is C14H26N4O2. The van der Waals surface area contributed by atoms with E-state index in [0.29, 0.717) is 12.5 Å². The monoisotopic (exact) mass is 282 g/mol. The van der Waals surface area contributed by atoms with Crippen LogP contribution in [0.1, 0.15) is 39.0 Å². The van der Waals surface area contributed by atoms with Crippen LogP contribution in [-0.2, 0) is 4.79 Å². The molecule has 2 unspecified atom stereocenters. The molecule has 2 fully saturated rings. The lowest BCUT2D eigenvalue weighted by Crippen LogP contribution is -2.57. The van der Waals surface area contributed by atoms with Crippen molar-refractivity contribution in [2.24, 2.45) is 11.7 Å². The van der Waals surface area contributed by atoms with Crippen molar-refractivity contribution in [3.63, 3.8) is 0 Å². The van der Waals surface area contributed by atoms with Crippen molar-refractivity contribution >= 4 is 11.9 Å². The molecule has 2 heterocycles. The van der Waals surface area contributed by atoms with E-state index >= 15 is 0 Å². The van der Waals surface area contributed by atoms with Gasteiger partial charge in [-0.2, -0.15) is 0 Å². The van der Waals surface area contributed by atoms with E-state index in [9.17, 15) is 9.59 Å². The molecule has 0 aromatic carbocycles. The van der Waals surface area contributed by atoms with Crippen LogP contribution >= 0.6 is 0 Å². The molecule has 0 spiro atoms. The Labute approximate surface area is 120 Å². The van der Waals surface area contributed by atoms with Gasteiger partial charge in [0.1, 0.15) is 0 Å². The second-order valence-electron chi connectivity index (χ2n) is 5.97. The molecule has 4 N–H and O–H groups in total. The van der Waals surface area contributed by atoms with E-state index in [1.165, 1.54) is 0 Å². The minimum Gasteiger partial charge on any atom is -0.352 e. The summed E-state index contributed by atoms with van der Waals surface area (Å²) in [4.78, 5) is 25.5. The fourth-order valence-corrected chi connectivity index (χ4v) is 3.41. The number of nitrogens with zero attached hydrogens (tertiary/aromatic N) is 1. The molecule has 2 rings (SSSR count). The number of hydrogen-bond donors (Lipinski definition) is 3. The number of likely N-dealkylation sites (tertiary alicyclic amines) is 1. The summed E-state index contributed by atoms with van der Waals surface area (Å²) in [6.45, 7) is 5.12. The highest BCUT2D eigenvalue weighted by Gasteiger charge is 2.42. The SMILES string of the molecule is CCC1(C(=O)N2CCCC(CNC(N)=O)C2)CCCN1. The number of primary amides is 1. The van der Waals surface area contributed by atoms with Crippen molar-refractivity contribution in [1.82, 2.24) is 15.5 Å². The molecule has 2 aliphatic heterocycles. The van der Waals surface area contributed by atoms with Gasteiger partial charge in [0.25, 0.3) is 0 Å². The summed E-state index contributed by atoms with van der Waals surface area (Å²) in [6, 6.07) is -0.490. The van der Waals surface area contributed by atoms with Crippen LogP contribution < -0.4 is 16.4 Å². The lowest BCUT2D eigenvalue weighted by atomic mass is 9.90. The fraction of sp³-hybridized carbons (Fsp3) is 0.857. The smallest absolute Gasteiger partial charge is 0.312 e. The Morgan fingerprint density at radius 2 is 2.25 bits per heavy atom. The summed E-state index contributed by atoms with van der Waals surface area (Å²) in [5.41, 5.74) is 4.76. The largest absolute Gasteiger partial charge is 0.352 e. The Morgan fingerprint density at radius 3 is 2.85 bits per heavy atom. The Bertz CT molecular complexity index is 366. The molecule has 0 aromatic heterocycles. The number of amides is 3. The van der Waals surface area contributed by atoms with Crippen LogP contribution in [0.5, 0.6) is 0 Å². The lowest BCUT2D eigenvalue weighted by molar-refractivity contribution is -0.139. The molecule has 20 heavy (non-hydrogen) atoms. The van der Waals surface area contributed by atoms with Crippen molar-refractivity contribution in [3.8, 4) is 0 Å². The molecule has 2 aliphatic rings. The summed E-state index contributed by atoms with van der Waals surface area (Å²) in [5.74, 6) is 0.553. The van der Waals surface area contributed by atoms with Gasteiger partial charge in [-0.1, -0.05) is 6.92 Å². The molecule has 2 saturated heterocycles. The molecule has 0 saturated carbocycles. The Balaban J connectivity index is 1.94. The molecule has 0 aromatic rings. The number of piperidine rings is 1. The van der Waals surface area contributed by atoms with Gasteiger partial charge in [-0.3, -0.25) is 4.79 Å². The normalized spacial score (nSPS) is 30.2. The average molecular weight is 282 g/mol. The number of rotatable bonds is 4. The number of nitrogens with one attached hydrogen (secondary N) is 2. The van der Waals surface area contributed by atoms with E-state index in [2.05, 4.69) is 17.6 Å². The summed E-state index contributed by atoms with van der Waals surface area (Å²) >= 11 is 0. The summed E-state index contributed by atoms with van der Waals surface area (Å²) in [7, 11) is 0. The van der Waals surface area contributed by atoms with Gasteiger partial charge in [-0.05, 0) is 44.6 Å². The third-order valence-electron chi connectivity index (χ3n) is 4.63. The summed E-state index contributed by atoms with van der Waals surface area (Å²) in [5, 5.41) is 6.05. The number of hydrogen-bond acceptors (Lipinski definition) is 3. The van der Waals surface area contributed by atoms with Gasteiger partial charge in [0.2, 0.25) is 5.91 Å². The van der Waals surface area contributed by atoms with Crippen molar-refractivity contribution < 1.29 is 9.59 Å². The fourth-order valence-electron chi connectivity index (χ4n) is 3.41. The van der Waals surface area contributed by atoms with Crippen LogP contribution in [0.25, 0.3) is 0 Å². The standard InChI is InChI=1S/C14H26N4O2/c1-2-14(6-4-7-17-14)12(19)18-8-3-5-11(10-18)9-16-13(15)20/h11,17H,2-10H2,1H3,(H3,15,16,20). The number of carbonyl (C=O) groups is 2. The van der Waals surface area contributed by atoms with Gasteiger partial charge in [0, 0.05) is 19.6 Å². The molecule has 2 atom stereocenters. The molecule has 3 amide bonds. The highest BCUT2D eigenvalue weighted by atomic mass is 16.2. The van der Waals surface area contributed by atoms with Gasteiger partial charge >= 0.3 is 6.03 Å². The van der Waals surface area contributed by atoms with Gasteiger partial charge in [0.15, 0.2) is 0 Å². The molecule has 114 valence electrons. The number of nitrogens with two attached hydrogens (primary N) is 1. The average Bonchev–Trinajstić information content (AvgIpc) is 2.94. The number of urea groups is 1. The van der Waals surface area contributed by atoms with Crippen molar-refractivity contribution in [1.29, 1.82) is 0 Å². The second-order valence-corrected chi connectivity index (χ2v) is 5.97. The lowest BCUT2D eigenvalue weighted by Gasteiger charge is -2.38. The van der Waals surface area contributed by atoms with Gasteiger partial charge < -0.3 is 21.3 Å². The van der Waals surface area contributed by atoms with E-state index in [-0.39, 0.29) is 11.4 Å². The van der Waals surface area contributed by atoms with E-state index in [4.69, 9.17) is 5.73 Å². The van der Waals surface area contributed by atoms with E-state index in [1.54, 1.807) is 0 Å².